The molecule has 0 aliphatic carbocycles. The Kier molecular flexibility index (Phi) is 4.47. The number of aromatic hydroxyl groups is 1. The number of phenolic OH excluding ortho intramolecular Hbond substituents is 1. The van der Waals surface area contributed by atoms with Gasteiger partial charge in [0.15, 0.2) is 11.5 Å². The van der Waals surface area contributed by atoms with Crippen LogP contribution in [0.3, 0.4) is 0 Å². The highest BCUT2D eigenvalue weighted by Gasteiger charge is 2.16. The van der Waals surface area contributed by atoms with Gasteiger partial charge in [-0.15, -0.1) is 5.10 Å². The Morgan fingerprint density at radius 2 is 1.76 bits per heavy atom. The minimum atomic E-state index is -0.00689. The molecular weight excluding hydrogens is 320 g/mol. The highest BCUT2D eigenvalue weighted by molar-refractivity contribution is 5.69. The van der Waals surface area contributed by atoms with Gasteiger partial charge in [0.25, 0.3) is 0 Å². The summed E-state index contributed by atoms with van der Waals surface area (Å²) in [5.41, 5.74) is 3.41. The van der Waals surface area contributed by atoms with E-state index in [1.807, 2.05) is 43.3 Å². The summed E-state index contributed by atoms with van der Waals surface area (Å²) in [6.07, 6.45) is 1.64. The molecule has 2 aromatic carbocycles. The lowest BCUT2D eigenvalue weighted by Crippen LogP contribution is -2.08. The van der Waals surface area contributed by atoms with Crippen molar-refractivity contribution in [3.63, 3.8) is 0 Å². The van der Waals surface area contributed by atoms with Crippen LogP contribution in [0.15, 0.2) is 42.6 Å². The van der Waals surface area contributed by atoms with E-state index in [9.17, 15) is 5.11 Å². The van der Waals surface area contributed by atoms with Gasteiger partial charge in [0.05, 0.1) is 31.8 Å². The predicted molar refractivity (Wildman–Crippen MR) is 95.9 cm³/mol. The summed E-state index contributed by atoms with van der Waals surface area (Å²) in [5.74, 6) is 0.723. The molecule has 0 fully saturated rings. The van der Waals surface area contributed by atoms with Crippen LogP contribution in [0, 0.1) is 0 Å². The van der Waals surface area contributed by atoms with Crippen molar-refractivity contribution in [2.24, 2.45) is 0 Å². The van der Waals surface area contributed by atoms with Crippen LogP contribution in [0.2, 0.25) is 0 Å². The Balaban J connectivity index is 2.06. The first kappa shape index (κ1) is 16.6. The lowest BCUT2D eigenvalue weighted by molar-refractivity contribution is 0.333. The number of nitrogens with zero attached hydrogens (tertiary/aromatic N) is 4. The minimum Gasteiger partial charge on any atom is -0.504 e. The summed E-state index contributed by atoms with van der Waals surface area (Å²) < 4.78 is 12.2. The lowest BCUT2D eigenvalue weighted by Gasteiger charge is -2.14. The monoisotopic (exact) mass is 340 g/mol. The summed E-state index contributed by atoms with van der Waals surface area (Å²) in [6.45, 7) is 0. The molecule has 0 bridgehead atoms. The summed E-state index contributed by atoms with van der Waals surface area (Å²) in [6, 6.07) is 11.3. The fourth-order valence-corrected chi connectivity index (χ4v) is 2.61. The summed E-state index contributed by atoms with van der Waals surface area (Å²) in [4.78, 5) is 2.03. The Bertz CT molecular complexity index is 873. The number of methoxy groups -OCH3 is 2. The zero-order valence-corrected chi connectivity index (χ0v) is 14.6. The maximum atomic E-state index is 10.2. The Labute approximate surface area is 146 Å². The van der Waals surface area contributed by atoms with E-state index in [-0.39, 0.29) is 5.75 Å². The van der Waals surface area contributed by atoms with E-state index in [4.69, 9.17) is 9.47 Å². The Hall–Kier alpha value is -3.22. The average Bonchev–Trinajstić information content (AvgIpc) is 3.10. The first-order valence-corrected chi connectivity index (χ1v) is 7.69. The number of hydrogen-bond donors (Lipinski definition) is 1. The van der Waals surface area contributed by atoms with Crippen LogP contribution >= 0.6 is 0 Å². The van der Waals surface area contributed by atoms with E-state index in [2.05, 4.69) is 10.3 Å². The second kappa shape index (κ2) is 6.72. The predicted octanol–water partition coefficient (Wildman–Crippen LogP) is 2.72. The molecule has 25 heavy (non-hydrogen) atoms. The average molecular weight is 340 g/mol. The molecule has 3 aromatic rings. The van der Waals surface area contributed by atoms with Gasteiger partial charge in [-0.1, -0.05) is 5.21 Å². The van der Waals surface area contributed by atoms with Crippen molar-refractivity contribution in [3.8, 4) is 34.2 Å². The molecule has 0 aliphatic heterocycles. The largest absolute Gasteiger partial charge is 0.504 e. The molecule has 7 heteroatoms. The molecule has 1 aromatic heterocycles. The first-order valence-electron chi connectivity index (χ1n) is 7.69. The molecule has 0 unspecified atom stereocenters. The molecule has 0 saturated heterocycles. The molecule has 0 aliphatic rings. The quantitative estimate of drug-likeness (QED) is 0.770. The van der Waals surface area contributed by atoms with Crippen molar-refractivity contribution in [1.82, 2.24) is 15.0 Å². The number of benzene rings is 2. The second-order valence-corrected chi connectivity index (χ2v) is 5.67. The Morgan fingerprint density at radius 3 is 2.36 bits per heavy atom. The van der Waals surface area contributed by atoms with E-state index in [1.54, 1.807) is 23.0 Å². The number of aromatic nitrogens is 3. The topological polar surface area (TPSA) is 72.6 Å². The van der Waals surface area contributed by atoms with Gasteiger partial charge in [-0.2, -0.15) is 0 Å². The number of anilines is 1. The van der Waals surface area contributed by atoms with Crippen LogP contribution < -0.4 is 14.4 Å². The van der Waals surface area contributed by atoms with Gasteiger partial charge in [0, 0.05) is 25.3 Å². The summed E-state index contributed by atoms with van der Waals surface area (Å²) in [7, 11) is 6.98. The van der Waals surface area contributed by atoms with E-state index < -0.39 is 0 Å². The van der Waals surface area contributed by atoms with Gasteiger partial charge in [-0.25, -0.2) is 4.68 Å². The zero-order valence-electron chi connectivity index (χ0n) is 14.6. The third-order valence-corrected chi connectivity index (χ3v) is 3.92. The highest BCUT2D eigenvalue weighted by Crippen LogP contribution is 2.40. The van der Waals surface area contributed by atoms with Crippen LogP contribution in [0.1, 0.15) is 0 Å². The van der Waals surface area contributed by atoms with E-state index in [1.165, 1.54) is 14.2 Å². The third-order valence-electron chi connectivity index (χ3n) is 3.92. The molecule has 130 valence electrons. The van der Waals surface area contributed by atoms with Gasteiger partial charge in [0.1, 0.15) is 0 Å². The van der Waals surface area contributed by atoms with Gasteiger partial charge in [-0.05, 0) is 36.4 Å². The van der Waals surface area contributed by atoms with Gasteiger partial charge in [0.2, 0.25) is 5.75 Å². The molecular formula is C18H20N4O3. The van der Waals surface area contributed by atoms with Crippen molar-refractivity contribution in [3.05, 3.63) is 42.6 Å². The molecule has 1 N–H and O–H groups in total. The van der Waals surface area contributed by atoms with Crippen molar-refractivity contribution >= 4 is 5.69 Å². The number of phenols is 1. The van der Waals surface area contributed by atoms with Crippen molar-refractivity contribution in [2.75, 3.05) is 33.2 Å². The maximum Gasteiger partial charge on any atom is 0.203 e. The van der Waals surface area contributed by atoms with Crippen LogP contribution in [0.25, 0.3) is 16.9 Å². The molecule has 0 amide bonds. The smallest absolute Gasteiger partial charge is 0.203 e. The van der Waals surface area contributed by atoms with Crippen LogP contribution in [0.4, 0.5) is 5.69 Å². The zero-order chi connectivity index (χ0) is 18.0. The third kappa shape index (κ3) is 3.08. The van der Waals surface area contributed by atoms with Crippen molar-refractivity contribution in [1.29, 1.82) is 0 Å². The minimum absolute atomic E-state index is 0.00689. The van der Waals surface area contributed by atoms with Gasteiger partial charge >= 0.3 is 0 Å². The summed E-state index contributed by atoms with van der Waals surface area (Å²) >= 11 is 0. The molecule has 3 rings (SSSR count). The van der Waals surface area contributed by atoms with Crippen molar-refractivity contribution < 1.29 is 14.6 Å². The fourth-order valence-electron chi connectivity index (χ4n) is 2.61. The first-order chi connectivity index (χ1) is 12.0. The Morgan fingerprint density at radius 1 is 1.04 bits per heavy atom. The maximum absolute atomic E-state index is 10.2. The molecule has 1 heterocycles. The lowest BCUT2D eigenvalue weighted by atomic mass is 10.1. The number of rotatable bonds is 5. The number of ether oxygens (including phenoxy) is 2. The molecule has 0 spiro atoms. The number of hydrogen-bond acceptors (Lipinski definition) is 6. The summed E-state index contributed by atoms with van der Waals surface area (Å²) in [5, 5.41) is 18.4. The van der Waals surface area contributed by atoms with Gasteiger partial charge in [-0.3, -0.25) is 0 Å². The van der Waals surface area contributed by atoms with E-state index in [0.29, 0.717) is 11.5 Å². The van der Waals surface area contributed by atoms with Gasteiger partial charge < -0.3 is 19.5 Å². The van der Waals surface area contributed by atoms with Crippen LogP contribution in [-0.2, 0) is 0 Å². The second-order valence-electron chi connectivity index (χ2n) is 5.67. The van der Waals surface area contributed by atoms with Crippen molar-refractivity contribution in [2.45, 2.75) is 0 Å². The molecule has 0 saturated carbocycles. The molecule has 7 nitrogen and oxygen atoms in total. The van der Waals surface area contributed by atoms with Crippen LogP contribution in [-0.4, -0.2) is 48.4 Å². The van der Waals surface area contributed by atoms with Crippen LogP contribution in [0.5, 0.6) is 17.2 Å². The molecule has 0 atom stereocenters. The fraction of sp³-hybridized carbons (Fsp3) is 0.222. The molecule has 0 radical (unpaired) electrons. The standard InChI is InChI=1S/C18H20N4O3/c1-21(2)13-5-7-14(8-6-13)22-15(11-19-20-22)12-9-16(23)18(25-4)17(10-12)24-3/h5-11,23H,1-4H3. The van der Waals surface area contributed by atoms with E-state index >= 15 is 0 Å². The highest BCUT2D eigenvalue weighted by atomic mass is 16.5. The normalized spacial score (nSPS) is 10.6. The SMILES string of the molecule is COc1cc(-c2cnnn2-c2ccc(N(C)C)cc2)cc(O)c1OC. The van der Waals surface area contributed by atoms with E-state index in [0.717, 1.165) is 22.6 Å².